The summed E-state index contributed by atoms with van der Waals surface area (Å²) in [5.41, 5.74) is 2.01. The molecule has 62 valence electrons. The van der Waals surface area contributed by atoms with Crippen LogP contribution in [0, 0.1) is 0 Å². The molecule has 0 aromatic carbocycles. The third-order valence-electron chi connectivity index (χ3n) is 1.94. The van der Waals surface area contributed by atoms with E-state index in [0.717, 1.165) is 16.8 Å². The standard InChI is InChI=1S/C9H10N2O/c1-11-6-4-7-9(11)8(12-2)3-5-10-7/h3-6H,1-2H3. The van der Waals surface area contributed by atoms with Gasteiger partial charge in [0.15, 0.2) is 0 Å². The molecule has 0 radical (unpaired) electrons. The average Bonchev–Trinajstić information content (AvgIpc) is 2.48. The van der Waals surface area contributed by atoms with Gasteiger partial charge >= 0.3 is 0 Å². The van der Waals surface area contributed by atoms with Crippen molar-refractivity contribution >= 4 is 11.0 Å². The maximum Gasteiger partial charge on any atom is 0.146 e. The van der Waals surface area contributed by atoms with Crippen molar-refractivity contribution in [3.63, 3.8) is 0 Å². The monoisotopic (exact) mass is 162 g/mol. The summed E-state index contributed by atoms with van der Waals surface area (Å²) in [6.45, 7) is 0. The van der Waals surface area contributed by atoms with Gasteiger partial charge < -0.3 is 9.30 Å². The second-order valence-corrected chi connectivity index (χ2v) is 2.67. The highest BCUT2D eigenvalue weighted by Gasteiger charge is 2.03. The van der Waals surface area contributed by atoms with Gasteiger partial charge in [0, 0.05) is 25.5 Å². The molecule has 3 heteroatoms. The lowest BCUT2D eigenvalue weighted by molar-refractivity contribution is 0.417. The summed E-state index contributed by atoms with van der Waals surface area (Å²) < 4.78 is 7.21. The Hall–Kier alpha value is -1.51. The Morgan fingerprint density at radius 1 is 1.42 bits per heavy atom. The van der Waals surface area contributed by atoms with Crippen molar-refractivity contribution in [2.75, 3.05) is 7.11 Å². The van der Waals surface area contributed by atoms with Crippen LogP contribution in [0.1, 0.15) is 0 Å². The average molecular weight is 162 g/mol. The zero-order chi connectivity index (χ0) is 8.55. The Kier molecular flexibility index (Phi) is 1.50. The number of methoxy groups -OCH3 is 1. The highest BCUT2D eigenvalue weighted by atomic mass is 16.5. The van der Waals surface area contributed by atoms with Crippen LogP contribution in [0.5, 0.6) is 5.75 Å². The summed E-state index contributed by atoms with van der Waals surface area (Å²) in [5.74, 6) is 0.868. The molecule has 0 saturated heterocycles. The van der Waals surface area contributed by atoms with Crippen molar-refractivity contribution in [2.24, 2.45) is 7.05 Å². The van der Waals surface area contributed by atoms with Crippen LogP contribution in [0.25, 0.3) is 11.0 Å². The molecule has 2 aromatic heterocycles. The fourth-order valence-electron chi connectivity index (χ4n) is 1.35. The number of hydrogen-bond donors (Lipinski definition) is 0. The van der Waals surface area contributed by atoms with Gasteiger partial charge in [-0.2, -0.15) is 0 Å². The first-order chi connectivity index (χ1) is 5.83. The molecule has 0 aliphatic carbocycles. The molecule has 0 bridgehead atoms. The van der Waals surface area contributed by atoms with Crippen LogP contribution >= 0.6 is 0 Å². The lowest BCUT2D eigenvalue weighted by Crippen LogP contribution is -1.90. The maximum absolute atomic E-state index is 5.21. The molecule has 0 atom stereocenters. The van der Waals surface area contributed by atoms with Gasteiger partial charge in [0.1, 0.15) is 11.3 Å². The molecule has 0 unspecified atom stereocenters. The van der Waals surface area contributed by atoms with E-state index in [4.69, 9.17) is 4.74 Å². The highest BCUT2D eigenvalue weighted by Crippen LogP contribution is 2.22. The molecular weight excluding hydrogens is 152 g/mol. The van der Waals surface area contributed by atoms with Crippen molar-refractivity contribution in [3.05, 3.63) is 24.5 Å². The van der Waals surface area contributed by atoms with E-state index in [0.29, 0.717) is 0 Å². The summed E-state index contributed by atoms with van der Waals surface area (Å²) in [4.78, 5) is 4.21. The normalized spacial score (nSPS) is 10.5. The van der Waals surface area contributed by atoms with Crippen LogP contribution in [0.3, 0.4) is 0 Å². The first-order valence-corrected chi connectivity index (χ1v) is 3.77. The Balaban J connectivity index is 2.84. The molecule has 0 saturated carbocycles. The Morgan fingerprint density at radius 2 is 2.25 bits per heavy atom. The largest absolute Gasteiger partial charge is 0.494 e. The van der Waals surface area contributed by atoms with Crippen LogP contribution in [0.15, 0.2) is 24.5 Å². The van der Waals surface area contributed by atoms with Gasteiger partial charge in [0.2, 0.25) is 0 Å². The van der Waals surface area contributed by atoms with Crippen LogP contribution in [0.2, 0.25) is 0 Å². The molecule has 0 aliphatic rings. The minimum Gasteiger partial charge on any atom is -0.494 e. The van der Waals surface area contributed by atoms with Gasteiger partial charge in [-0.15, -0.1) is 0 Å². The molecule has 0 N–H and O–H groups in total. The Morgan fingerprint density at radius 3 is 3.00 bits per heavy atom. The van der Waals surface area contributed by atoms with Crippen molar-refractivity contribution < 1.29 is 4.74 Å². The van der Waals surface area contributed by atoms with Crippen LogP contribution in [-0.4, -0.2) is 16.7 Å². The van der Waals surface area contributed by atoms with E-state index < -0.39 is 0 Å². The lowest BCUT2D eigenvalue weighted by Gasteiger charge is -2.02. The fraction of sp³-hybridized carbons (Fsp3) is 0.222. The van der Waals surface area contributed by atoms with Crippen LogP contribution < -0.4 is 4.74 Å². The lowest BCUT2D eigenvalue weighted by atomic mass is 10.3. The van der Waals surface area contributed by atoms with Crippen molar-refractivity contribution in [1.29, 1.82) is 0 Å². The van der Waals surface area contributed by atoms with E-state index in [-0.39, 0.29) is 0 Å². The molecule has 12 heavy (non-hydrogen) atoms. The number of aromatic nitrogens is 2. The minimum absolute atomic E-state index is 0.868. The predicted molar refractivity (Wildman–Crippen MR) is 47.3 cm³/mol. The SMILES string of the molecule is COc1ccnc2ccn(C)c12. The van der Waals surface area contributed by atoms with Crippen molar-refractivity contribution in [1.82, 2.24) is 9.55 Å². The Bertz CT molecular complexity index is 406. The van der Waals surface area contributed by atoms with Crippen molar-refractivity contribution in [2.45, 2.75) is 0 Å². The predicted octanol–water partition coefficient (Wildman–Crippen LogP) is 1.58. The minimum atomic E-state index is 0.868. The van der Waals surface area contributed by atoms with E-state index >= 15 is 0 Å². The number of fused-ring (bicyclic) bond motifs is 1. The summed E-state index contributed by atoms with van der Waals surface area (Å²) in [6.07, 6.45) is 3.72. The Labute approximate surface area is 70.6 Å². The van der Waals surface area contributed by atoms with Gasteiger partial charge in [0.05, 0.1) is 12.6 Å². The third kappa shape index (κ3) is 0.863. The molecule has 2 rings (SSSR count). The van der Waals surface area contributed by atoms with Crippen LogP contribution in [0.4, 0.5) is 0 Å². The molecule has 0 amide bonds. The summed E-state index contributed by atoms with van der Waals surface area (Å²) in [5, 5.41) is 0. The van der Waals surface area contributed by atoms with Gasteiger partial charge in [0.25, 0.3) is 0 Å². The number of ether oxygens (including phenoxy) is 1. The number of nitrogens with zero attached hydrogens (tertiary/aromatic N) is 2. The van der Waals surface area contributed by atoms with E-state index in [1.54, 1.807) is 13.3 Å². The number of rotatable bonds is 1. The van der Waals surface area contributed by atoms with Crippen LogP contribution in [-0.2, 0) is 7.05 Å². The van der Waals surface area contributed by atoms with Crippen molar-refractivity contribution in [3.8, 4) is 5.75 Å². The quantitative estimate of drug-likeness (QED) is 0.636. The maximum atomic E-state index is 5.21. The number of pyridine rings is 1. The van der Waals surface area contributed by atoms with Gasteiger partial charge in [-0.1, -0.05) is 0 Å². The van der Waals surface area contributed by atoms with Gasteiger partial charge in [-0.3, -0.25) is 4.98 Å². The summed E-state index contributed by atoms with van der Waals surface area (Å²) in [6, 6.07) is 3.83. The second-order valence-electron chi connectivity index (χ2n) is 2.67. The van der Waals surface area contributed by atoms with Gasteiger partial charge in [-0.05, 0) is 6.07 Å². The fourth-order valence-corrected chi connectivity index (χ4v) is 1.35. The molecule has 0 fully saturated rings. The molecule has 2 aromatic rings. The first kappa shape index (κ1) is 7.16. The number of hydrogen-bond acceptors (Lipinski definition) is 2. The van der Waals surface area contributed by atoms with Gasteiger partial charge in [-0.25, -0.2) is 0 Å². The van der Waals surface area contributed by atoms with E-state index in [9.17, 15) is 0 Å². The third-order valence-corrected chi connectivity index (χ3v) is 1.94. The molecule has 0 aliphatic heterocycles. The number of aryl methyl sites for hydroxylation is 1. The molecule has 3 nitrogen and oxygen atoms in total. The summed E-state index contributed by atoms with van der Waals surface area (Å²) in [7, 11) is 3.65. The first-order valence-electron chi connectivity index (χ1n) is 3.77. The van der Waals surface area contributed by atoms with E-state index in [1.807, 2.05) is 29.9 Å². The molecule has 2 heterocycles. The molecular formula is C9H10N2O. The second kappa shape index (κ2) is 2.52. The highest BCUT2D eigenvalue weighted by molar-refractivity contribution is 5.81. The smallest absolute Gasteiger partial charge is 0.146 e. The summed E-state index contributed by atoms with van der Waals surface area (Å²) >= 11 is 0. The zero-order valence-corrected chi connectivity index (χ0v) is 7.11. The van der Waals surface area contributed by atoms with E-state index in [1.165, 1.54) is 0 Å². The molecule has 0 spiro atoms. The topological polar surface area (TPSA) is 27.1 Å². The van der Waals surface area contributed by atoms with E-state index in [2.05, 4.69) is 4.98 Å². The zero-order valence-electron chi connectivity index (χ0n) is 7.11.